The summed E-state index contributed by atoms with van der Waals surface area (Å²) in [7, 11) is -1.88. The van der Waals surface area contributed by atoms with E-state index in [1.807, 2.05) is 20.8 Å². The lowest BCUT2D eigenvalue weighted by Crippen LogP contribution is -2.45. The second kappa shape index (κ2) is 7.09. The minimum atomic E-state index is -1.88. The smallest absolute Gasteiger partial charge is 0.410 e. The Morgan fingerprint density at radius 2 is 1.78 bits per heavy atom. The van der Waals surface area contributed by atoms with Gasteiger partial charge < -0.3 is 18.9 Å². The van der Waals surface area contributed by atoms with E-state index in [0.29, 0.717) is 6.54 Å². The molecule has 1 rings (SSSR count). The molecule has 0 spiro atoms. The van der Waals surface area contributed by atoms with Crippen molar-refractivity contribution in [3.63, 3.8) is 0 Å². The van der Waals surface area contributed by atoms with E-state index in [-0.39, 0.29) is 29.9 Å². The summed E-state index contributed by atoms with van der Waals surface area (Å²) in [6, 6.07) is -0.107. The van der Waals surface area contributed by atoms with Gasteiger partial charge in [0, 0.05) is 6.54 Å². The molecule has 0 aromatic heterocycles. The molecular weight excluding hydrogens is 312 g/mol. The van der Waals surface area contributed by atoms with Gasteiger partial charge in [-0.1, -0.05) is 20.8 Å². The lowest BCUT2D eigenvalue weighted by molar-refractivity contribution is 0.00985. The zero-order chi connectivity index (χ0) is 18.1. The Balaban J connectivity index is 2.80. The third-order valence-corrected chi connectivity index (χ3v) is 9.10. The Morgan fingerprint density at radius 1 is 1.22 bits per heavy atom. The van der Waals surface area contributed by atoms with Gasteiger partial charge in [0.25, 0.3) is 0 Å². The molecule has 0 unspecified atom stereocenters. The monoisotopic (exact) mass is 346 g/mol. The van der Waals surface area contributed by atoms with E-state index in [1.54, 1.807) is 4.90 Å². The third kappa shape index (κ3) is 5.74. The van der Waals surface area contributed by atoms with Crippen LogP contribution in [0.1, 0.15) is 48.0 Å². The van der Waals surface area contributed by atoms with E-state index < -0.39 is 13.9 Å². The molecular formula is C16H34N2O4Si. The van der Waals surface area contributed by atoms with Crippen LogP contribution in [0, 0.1) is 0 Å². The average Bonchev–Trinajstić information content (AvgIpc) is 2.68. The maximum Gasteiger partial charge on any atom is 0.410 e. The van der Waals surface area contributed by atoms with Crippen molar-refractivity contribution in [3.8, 4) is 0 Å². The molecule has 1 fully saturated rings. The summed E-state index contributed by atoms with van der Waals surface area (Å²) in [6.45, 7) is 17.5. The Bertz CT molecular complexity index is 415. The highest BCUT2D eigenvalue weighted by Crippen LogP contribution is 2.39. The first-order valence-electron chi connectivity index (χ1n) is 8.26. The predicted molar refractivity (Wildman–Crippen MR) is 93.6 cm³/mol. The topological polar surface area (TPSA) is 74.0 Å². The van der Waals surface area contributed by atoms with Crippen molar-refractivity contribution < 1.29 is 18.8 Å². The van der Waals surface area contributed by atoms with Crippen LogP contribution in [-0.4, -0.2) is 50.2 Å². The summed E-state index contributed by atoms with van der Waals surface area (Å²) in [5.41, 5.74) is -0.524. The fourth-order valence-corrected chi connectivity index (χ4v) is 3.72. The minimum absolute atomic E-state index is 0.00330. The number of ether oxygens (including phenoxy) is 1. The van der Waals surface area contributed by atoms with Crippen molar-refractivity contribution in [2.45, 2.75) is 83.8 Å². The van der Waals surface area contributed by atoms with Crippen LogP contribution in [0.15, 0.2) is 0 Å². The van der Waals surface area contributed by atoms with Crippen LogP contribution < -0.4 is 5.90 Å². The van der Waals surface area contributed by atoms with Gasteiger partial charge in [-0.3, -0.25) is 0 Å². The lowest BCUT2D eigenvalue weighted by atomic mass is 10.2. The largest absolute Gasteiger partial charge is 0.444 e. The molecule has 23 heavy (non-hydrogen) atoms. The molecule has 2 N–H and O–H groups in total. The molecule has 1 aliphatic heterocycles. The standard InChI is InChI=1S/C16H34N2O4Si/c1-15(2,3)21-14(19)18-10-13(9-12(18)11-20-17)22-23(7,8)16(4,5)6/h12-13H,9-11,17H2,1-8H3/t12-,13+/m0/s1. The molecule has 6 nitrogen and oxygen atoms in total. The zero-order valence-corrected chi connectivity index (χ0v) is 16.9. The van der Waals surface area contributed by atoms with Crippen LogP contribution in [0.5, 0.6) is 0 Å². The van der Waals surface area contributed by atoms with Crippen LogP contribution in [0.25, 0.3) is 0 Å². The van der Waals surface area contributed by atoms with Crippen molar-refractivity contribution in [3.05, 3.63) is 0 Å². The number of carbonyl (C=O) groups excluding carboxylic acids is 1. The molecule has 0 bridgehead atoms. The highest BCUT2D eigenvalue weighted by atomic mass is 28.4. The molecule has 1 heterocycles. The molecule has 0 aromatic rings. The second-order valence-corrected chi connectivity index (χ2v) is 13.6. The van der Waals surface area contributed by atoms with E-state index in [2.05, 4.69) is 33.9 Å². The van der Waals surface area contributed by atoms with Crippen molar-refractivity contribution in [2.75, 3.05) is 13.2 Å². The van der Waals surface area contributed by atoms with Crippen molar-refractivity contribution >= 4 is 14.4 Å². The summed E-state index contributed by atoms with van der Waals surface area (Å²) in [5.74, 6) is 5.23. The number of amides is 1. The van der Waals surface area contributed by atoms with Crippen molar-refractivity contribution in [1.82, 2.24) is 4.90 Å². The molecule has 1 amide bonds. The van der Waals surface area contributed by atoms with E-state index in [9.17, 15) is 4.79 Å². The molecule has 0 aromatic carbocycles. The van der Waals surface area contributed by atoms with Gasteiger partial charge in [0.05, 0.1) is 18.8 Å². The maximum atomic E-state index is 12.4. The number of hydrogen-bond donors (Lipinski definition) is 1. The fraction of sp³-hybridized carbons (Fsp3) is 0.938. The first-order valence-corrected chi connectivity index (χ1v) is 11.2. The predicted octanol–water partition coefficient (Wildman–Crippen LogP) is 3.28. The first kappa shape index (κ1) is 20.4. The van der Waals surface area contributed by atoms with Gasteiger partial charge in [-0.25, -0.2) is 10.7 Å². The number of likely N-dealkylation sites (tertiary alicyclic amines) is 1. The van der Waals surface area contributed by atoms with Gasteiger partial charge in [-0.2, -0.15) is 0 Å². The number of nitrogens with two attached hydrogens (primary N) is 1. The van der Waals surface area contributed by atoms with Crippen LogP contribution in [-0.2, 0) is 14.0 Å². The van der Waals surface area contributed by atoms with Gasteiger partial charge in [-0.05, 0) is 45.3 Å². The summed E-state index contributed by atoms with van der Waals surface area (Å²) in [4.78, 5) is 18.9. The lowest BCUT2D eigenvalue weighted by Gasteiger charge is -2.38. The molecule has 0 radical (unpaired) electrons. The number of hydrogen-bond acceptors (Lipinski definition) is 5. The first-order chi connectivity index (χ1) is 10.3. The normalized spacial score (nSPS) is 23.3. The summed E-state index contributed by atoms with van der Waals surface area (Å²) in [6.07, 6.45) is 0.396. The second-order valence-electron chi connectivity index (χ2n) is 8.86. The Labute approximate surface area is 141 Å². The molecule has 7 heteroatoms. The summed E-state index contributed by atoms with van der Waals surface area (Å²) < 4.78 is 11.9. The van der Waals surface area contributed by atoms with Gasteiger partial charge >= 0.3 is 6.09 Å². The SMILES string of the molecule is CC(C)(C)OC(=O)N1C[C@H](O[Si](C)(C)C(C)(C)C)C[C@H]1CON. The molecule has 0 saturated carbocycles. The summed E-state index contributed by atoms with van der Waals surface area (Å²) >= 11 is 0. The highest BCUT2D eigenvalue weighted by Gasteiger charge is 2.44. The van der Waals surface area contributed by atoms with Crippen molar-refractivity contribution in [2.24, 2.45) is 5.90 Å². The molecule has 1 aliphatic rings. The van der Waals surface area contributed by atoms with E-state index >= 15 is 0 Å². The quantitative estimate of drug-likeness (QED) is 0.624. The van der Waals surface area contributed by atoms with Crippen LogP contribution in [0.2, 0.25) is 18.1 Å². The highest BCUT2D eigenvalue weighted by molar-refractivity contribution is 6.74. The van der Waals surface area contributed by atoms with E-state index in [1.165, 1.54) is 0 Å². The molecule has 2 atom stereocenters. The maximum absolute atomic E-state index is 12.4. The van der Waals surface area contributed by atoms with E-state index in [0.717, 1.165) is 6.42 Å². The molecule has 136 valence electrons. The Morgan fingerprint density at radius 3 is 2.22 bits per heavy atom. The average molecular weight is 347 g/mol. The van der Waals surface area contributed by atoms with Crippen LogP contribution >= 0.6 is 0 Å². The Kier molecular flexibility index (Phi) is 6.29. The Hall–Kier alpha value is -0.633. The van der Waals surface area contributed by atoms with Crippen molar-refractivity contribution in [1.29, 1.82) is 0 Å². The summed E-state index contributed by atoms with van der Waals surface area (Å²) in [5, 5.41) is 0.131. The van der Waals surface area contributed by atoms with Crippen LogP contribution in [0.4, 0.5) is 4.79 Å². The number of carbonyl (C=O) groups is 1. The van der Waals surface area contributed by atoms with Gasteiger partial charge in [-0.15, -0.1) is 0 Å². The third-order valence-electron chi connectivity index (χ3n) is 4.56. The van der Waals surface area contributed by atoms with Gasteiger partial charge in [0.1, 0.15) is 5.60 Å². The van der Waals surface area contributed by atoms with Gasteiger partial charge in [0.2, 0.25) is 0 Å². The van der Waals surface area contributed by atoms with Crippen LogP contribution in [0.3, 0.4) is 0 Å². The zero-order valence-electron chi connectivity index (χ0n) is 15.9. The number of rotatable bonds is 4. The molecule has 1 saturated heterocycles. The number of nitrogens with zero attached hydrogens (tertiary/aromatic N) is 1. The minimum Gasteiger partial charge on any atom is -0.444 e. The van der Waals surface area contributed by atoms with Gasteiger partial charge in [0.15, 0.2) is 8.32 Å². The molecule has 0 aliphatic carbocycles. The fourth-order valence-electron chi connectivity index (χ4n) is 2.37. The van der Waals surface area contributed by atoms with E-state index in [4.69, 9.17) is 19.9 Å².